The summed E-state index contributed by atoms with van der Waals surface area (Å²) in [6.07, 6.45) is 2.32. The lowest BCUT2D eigenvalue weighted by Crippen LogP contribution is -2.38. The zero-order chi connectivity index (χ0) is 12.0. The maximum atomic E-state index is 5.84. The van der Waals surface area contributed by atoms with Gasteiger partial charge in [-0.05, 0) is 31.5 Å². The standard InChI is InChI=1S/C11H16N2O.C2H6/c1-8-5-10(3-4-13-8)11-7-12-6-9(2)14-11;1-2/h3-5,9,11-12H,6-7H2,1-2H3;1-2H3. The smallest absolute Gasteiger partial charge is 0.0954 e. The first kappa shape index (κ1) is 13.1. The van der Waals surface area contributed by atoms with Crippen LogP contribution in [0.4, 0.5) is 0 Å². The number of rotatable bonds is 1. The van der Waals surface area contributed by atoms with Gasteiger partial charge in [-0.25, -0.2) is 0 Å². The normalized spacial score (nSPS) is 24.5. The summed E-state index contributed by atoms with van der Waals surface area (Å²) in [4.78, 5) is 4.18. The molecule has 0 bridgehead atoms. The lowest BCUT2D eigenvalue weighted by molar-refractivity contribution is -0.0287. The molecule has 90 valence electrons. The molecule has 2 heterocycles. The van der Waals surface area contributed by atoms with Crippen molar-refractivity contribution in [3.63, 3.8) is 0 Å². The Labute approximate surface area is 98.2 Å². The van der Waals surface area contributed by atoms with Crippen LogP contribution in [0.2, 0.25) is 0 Å². The predicted molar refractivity (Wildman–Crippen MR) is 66.5 cm³/mol. The lowest BCUT2D eigenvalue weighted by Gasteiger charge is -2.29. The van der Waals surface area contributed by atoms with Gasteiger partial charge in [-0.3, -0.25) is 4.98 Å². The molecule has 1 aromatic heterocycles. The fraction of sp³-hybridized carbons (Fsp3) is 0.615. The molecule has 16 heavy (non-hydrogen) atoms. The molecule has 0 aromatic carbocycles. The van der Waals surface area contributed by atoms with E-state index >= 15 is 0 Å². The number of hydrogen-bond acceptors (Lipinski definition) is 3. The van der Waals surface area contributed by atoms with Crippen molar-refractivity contribution in [3.8, 4) is 0 Å². The number of morpholine rings is 1. The second kappa shape index (κ2) is 6.61. The Bertz CT molecular complexity index is 315. The highest BCUT2D eigenvalue weighted by molar-refractivity contribution is 5.19. The Morgan fingerprint density at radius 3 is 2.75 bits per heavy atom. The van der Waals surface area contributed by atoms with Gasteiger partial charge in [0.1, 0.15) is 0 Å². The van der Waals surface area contributed by atoms with Crippen LogP contribution in [0.1, 0.15) is 38.1 Å². The minimum absolute atomic E-state index is 0.181. The molecule has 0 saturated carbocycles. The Kier molecular flexibility index (Phi) is 5.43. The van der Waals surface area contributed by atoms with E-state index in [1.807, 2.05) is 33.0 Å². The van der Waals surface area contributed by atoms with E-state index < -0.39 is 0 Å². The zero-order valence-corrected chi connectivity index (χ0v) is 10.7. The van der Waals surface area contributed by atoms with Crippen molar-refractivity contribution in [1.82, 2.24) is 10.3 Å². The van der Waals surface area contributed by atoms with Gasteiger partial charge in [-0.15, -0.1) is 0 Å². The molecule has 0 amide bonds. The number of nitrogens with zero attached hydrogens (tertiary/aromatic N) is 1. The highest BCUT2D eigenvalue weighted by Crippen LogP contribution is 2.20. The second-order valence-electron chi connectivity index (χ2n) is 3.82. The SMILES string of the molecule is CC.Cc1cc(C2CNCC(C)O2)ccn1. The van der Waals surface area contributed by atoms with Gasteiger partial charge < -0.3 is 10.1 Å². The molecule has 3 heteroatoms. The van der Waals surface area contributed by atoms with Crippen LogP contribution < -0.4 is 5.32 Å². The average Bonchev–Trinajstić information content (AvgIpc) is 2.32. The van der Waals surface area contributed by atoms with Crippen LogP contribution in [0.15, 0.2) is 18.3 Å². The summed E-state index contributed by atoms with van der Waals surface area (Å²) in [5, 5.41) is 3.36. The maximum absolute atomic E-state index is 5.84. The van der Waals surface area contributed by atoms with Gasteiger partial charge in [-0.1, -0.05) is 13.8 Å². The first-order valence-electron chi connectivity index (χ1n) is 6.04. The minimum Gasteiger partial charge on any atom is -0.368 e. The van der Waals surface area contributed by atoms with E-state index in [9.17, 15) is 0 Å². The highest BCUT2D eigenvalue weighted by atomic mass is 16.5. The van der Waals surface area contributed by atoms with Gasteiger partial charge in [-0.2, -0.15) is 0 Å². The molecule has 0 spiro atoms. The highest BCUT2D eigenvalue weighted by Gasteiger charge is 2.20. The fourth-order valence-corrected chi connectivity index (χ4v) is 1.76. The van der Waals surface area contributed by atoms with Crippen LogP contribution >= 0.6 is 0 Å². The van der Waals surface area contributed by atoms with E-state index in [2.05, 4.69) is 23.3 Å². The summed E-state index contributed by atoms with van der Waals surface area (Å²) < 4.78 is 5.84. The minimum atomic E-state index is 0.181. The fourth-order valence-electron chi connectivity index (χ4n) is 1.76. The summed E-state index contributed by atoms with van der Waals surface area (Å²) >= 11 is 0. The predicted octanol–water partition coefficient (Wildman–Crippen LogP) is 2.47. The third-order valence-electron chi connectivity index (χ3n) is 2.45. The average molecular weight is 222 g/mol. The third kappa shape index (κ3) is 3.58. The number of ether oxygens (including phenoxy) is 1. The van der Waals surface area contributed by atoms with Gasteiger partial charge >= 0.3 is 0 Å². The van der Waals surface area contributed by atoms with Crippen molar-refractivity contribution in [3.05, 3.63) is 29.6 Å². The zero-order valence-electron chi connectivity index (χ0n) is 10.7. The molecule has 2 atom stereocenters. The van der Waals surface area contributed by atoms with Crippen molar-refractivity contribution in [1.29, 1.82) is 0 Å². The Morgan fingerprint density at radius 1 is 1.38 bits per heavy atom. The summed E-state index contributed by atoms with van der Waals surface area (Å²) in [6.45, 7) is 9.94. The van der Waals surface area contributed by atoms with Crippen molar-refractivity contribution in [2.45, 2.75) is 39.9 Å². The molecule has 0 aliphatic carbocycles. The molecule has 1 aliphatic rings. The number of nitrogens with one attached hydrogen (secondary N) is 1. The summed E-state index contributed by atoms with van der Waals surface area (Å²) in [5.41, 5.74) is 2.26. The van der Waals surface area contributed by atoms with E-state index in [-0.39, 0.29) is 6.10 Å². The molecule has 3 nitrogen and oxygen atoms in total. The van der Waals surface area contributed by atoms with Crippen LogP contribution in [0.25, 0.3) is 0 Å². The summed E-state index contributed by atoms with van der Waals surface area (Å²) in [7, 11) is 0. The Balaban J connectivity index is 0.000000606. The first-order chi connectivity index (χ1) is 7.75. The quantitative estimate of drug-likeness (QED) is 0.792. The third-order valence-corrected chi connectivity index (χ3v) is 2.45. The molecule has 2 unspecified atom stereocenters. The maximum Gasteiger partial charge on any atom is 0.0954 e. The molecular weight excluding hydrogens is 200 g/mol. The van der Waals surface area contributed by atoms with E-state index in [0.29, 0.717) is 6.10 Å². The van der Waals surface area contributed by atoms with Gasteiger partial charge in [0, 0.05) is 25.0 Å². The number of pyridine rings is 1. The molecule has 1 fully saturated rings. The topological polar surface area (TPSA) is 34.1 Å². The van der Waals surface area contributed by atoms with Crippen molar-refractivity contribution in [2.75, 3.05) is 13.1 Å². The summed E-state index contributed by atoms with van der Waals surface area (Å²) in [6, 6.07) is 4.11. The van der Waals surface area contributed by atoms with Crippen molar-refractivity contribution < 1.29 is 4.74 Å². The van der Waals surface area contributed by atoms with Crippen molar-refractivity contribution in [2.24, 2.45) is 0 Å². The van der Waals surface area contributed by atoms with Crippen LogP contribution in [0.3, 0.4) is 0 Å². The van der Waals surface area contributed by atoms with Crippen LogP contribution in [0, 0.1) is 6.92 Å². The number of hydrogen-bond donors (Lipinski definition) is 1. The number of aromatic nitrogens is 1. The van der Waals surface area contributed by atoms with E-state index in [1.165, 1.54) is 5.56 Å². The molecular formula is C13H22N2O. The Hall–Kier alpha value is -0.930. The van der Waals surface area contributed by atoms with E-state index in [4.69, 9.17) is 4.74 Å². The van der Waals surface area contributed by atoms with Gasteiger partial charge in [0.2, 0.25) is 0 Å². The van der Waals surface area contributed by atoms with Gasteiger partial charge in [0.05, 0.1) is 12.2 Å². The monoisotopic (exact) mass is 222 g/mol. The largest absolute Gasteiger partial charge is 0.368 e. The summed E-state index contributed by atoms with van der Waals surface area (Å²) in [5.74, 6) is 0. The molecule has 1 saturated heterocycles. The molecule has 1 aliphatic heterocycles. The van der Waals surface area contributed by atoms with Crippen molar-refractivity contribution >= 4 is 0 Å². The van der Waals surface area contributed by atoms with Crippen LogP contribution in [-0.4, -0.2) is 24.2 Å². The van der Waals surface area contributed by atoms with Crippen LogP contribution in [-0.2, 0) is 4.74 Å². The molecule has 1 aromatic rings. The van der Waals surface area contributed by atoms with E-state index in [0.717, 1.165) is 18.8 Å². The van der Waals surface area contributed by atoms with Crippen LogP contribution in [0.5, 0.6) is 0 Å². The molecule has 1 N–H and O–H groups in total. The number of aryl methyl sites for hydroxylation is 1. The van der Waals surface area contributed by atoms with Gasteiger partial charge in [0.15, 0.2) is 0 Å². The molecule has 0 radical (unpaired) electrons. The Morgan fingerprint density at radius 2 is 2.12 bits per heavy atom. The lowest BCUT2D eigenvalue weighted by atomic mass is 10.1. The second-order valence-corrected chi connectivity index (χ2v) is 3.82. The van der Waals surface area contributed by atoms with E-state index in [1.54, 1.807) is 0 Å². The molecule has 2 rings (SSSR count). The first-order valence-corrected chi connectivity index (χ1v) is 6.04. The van der Waals surface area contributed by atoms with Gasteiger partial charge in [0.25, 0.3) is 0 Å².